The second-order valence-corrected chi connectivity index (χ2v) is 8.66. The lowest BCUT2D eigenvalue weighted by atomic mass is 9.81. The Morgan fingerprint density at radius 1 is 1.15 bits per heavy atom. The van der Waals surface area contributed by atoms with E-state index in [1.165, 1.54) is 29.7 Å². The number of hydrogen-bond donors (Lipinski definition) is 2. The van der Waals surface area contributed by atoms with Gasteiger partial charge in [0.2, 0.25) is 0 Å². The van der Waals surface area contributed by atoms with Crippen LogP contribution in [0.15, 0.2) is 41.8 Å². The summed E-state index contributed by atoms with van der Waals surface area (Å²) in [6, 6.07) is 13.7. The molecule has 1 aromatic carbocycles. The Morgan fingerprint density at radius 3 is 2.54 bits per heavy atom. The van der Waals surface area contributed by atoms with Gasteiger partial charge in [0.1, 0.15) is 0 Å². The highest BCUT2D eigenvalue weighted by Gasteiger charge is 2.38. The van der Waals surface area contributed by atoms with Crippen molar-refractivity contribution in [2.45, 2.75) is 63.7 Å². The third-order valence-electron chi connectivity index (χ3n) is 5.69. The molecule has 2 aliphatic rings. The van der Waals surface area contributed by atoms with E-state index in [4.69, 9.17) is 0 Å². The molecule has 0 saturated carbocycles. The zero-order valence-electron chi connectivity index (χ0n) is 15.3. The van der Waals surface area contributed by atoms with Crippen molar-refractivity contribution in [1.82, 2.24) is 10.2 Å². The van der Waals surface area contributed by atoms with E-state index >= 15 is 0 Å². The van der Waals surface area contributed by atoms with Gasteiger partial charge >= 0.3 is 6.03 Å². The third kappa shape index (κ3) is 4.10. The fraction of sp³-hybridized carbons (Fsp3) is 0.476. The quantitative estimate of drug-likeness (QED) is 0.816. The average molecular weight is 370 g/mol. The van der Waals surface area contributed by atoms with Crippen LogP contribution in [0.5, 0.6) is 0 Å². The first-order valence-corrected chi connectivity index (χ1v) is 10.5. The second kappa shape index (κ2) is 7.80. The zero-order chi connectivity index (χ0) is 17.9. The first kappa shape index (κ1) is 17.6. The fourth-order valence-corrected chi connectivity index (χ4v) is 5.14. The molecule has 2 saturated heterocycles. The summed E-state index contributed by atoms with van der Waals surface area (Å²) >= 11 is 1.85. The van der Waals surface area contributed by atoms with Gasteiger partial charge in [-0.2, -0.15) is 0 Å². The predicted octanol–water partition coefficient (Wildman–Crippen LogP) is 4.76. The van der Waals surface area contributed by atoms with Crippen LogP contribution in [0.1, 0.15) is 42.5 Å². The standard InChI is InChI=1S/C21H27N3OS/c1-15-7-9-16(10-8-15)22-21(25)23-17-12-18-4-2-5-19(13-17)24(18)14-20-6-3-11-26-20/h3,6-11,17-19H,2,4-5,12-14H2,1H3,(H2,22,23,25)/t17?,18-,19+. The van der Waals surface area contributed by atoms with Crippen LogP contribution in [0.25, 0.3) is 0 Å². The summed E-state index contributed by atoms with van der Waals surface area (Å²) in [4.78, 5) is 16.5. The van der Waals surface area contributed by atoms with Crippen LogP contribution in [0.3, 0.4) is 0 Å². The van der Waals surface area contributed by atoms with Crippen molar-refractivity contribution in [3.8, 4) is 0 Å². The summed E-state index contributed by atoms with van der Waals surface area (Å²) in [7, 11) is 0. The van der Waals surface area contributed by atoms with Crippen molar-refractivity contribution in [3.05, 3.63) is 52.2 Å². The highest BCUT2D eigenvalue weighted by Crippen LogP contribution is 2.35. The Morgan fingerprint density at radius 2 is 1.88 bits per heavy atom. The van der Waals surface area contributed by atoms with Gasteiger partial charge in [-0.1, -0.05) is 30.2 Å². The molecule has 4 nitrogen and oxygen atoms in total. The molecule has 1 aromatic heterocycles. The number of thiophene rings is 1. The van der Waals surface area contributed by atoms with Crippen LogP contribution in [0.2, 0.25) is 0 Å². The van der Waals surface area contributed by atoms with Gasteiger partial charge in [0.15, 0.2) is 0 Å². The molecule has 2 amide bonds. The van der Waals surface area contributed by atoms with Crippen molar-refractivity contribution < 1.29 is 4.79 Å². The number of anilines is 1. The number of hydrogen-bond acceptors (Lipinski definition) is 3. The molecule has 2 bridgehead atoms. The molecule has 2 N–H and O–H groups in total. The molecule has 3 atom stereocenters. The lowest BCUT2D eigenvalue weighted by Crippen LogP contribution is -2.56. The first-order chi connectivity index (χ1) is 12.7. The van der Waals surface area contributed by atoms with Gasteiger partial charge in [0.25, 0.3) is 0 Å². The molecule has 0 spiro atoms. The summed E-state index contributed by atoms with van der Waals surface area (Å²) in [5.74, 6) is 0. The Hall–Kier alpha value is -1.85. The van der Waals surface area contributed by atoms with Gasteiger partial charge in [-0.15, -0.1) is 11.3 Å². The molecule has 138 valence electrons. The third-order valence-corrected chi connectivity index (χ3v) is 6.55. The zero-order valence-corrected chi connectivity index (χ0v) is 16.1. The lowest BCUT2D eigenvalue weighted by Gasteiger charge is -2.48. The summed E-state index contributed by atoms with van der Waals surface area (Å²) < 4.78 is 0. The number of benzene rings is 1. The van der Waals surface area contributed by atoms with E-state index in [2.05, 4.69) is 33.0 Å². The maximum Gasteiger partial charge on any atom is 0.319 e. The highest BCUT2D eigenvalue weighted by atomic mass is 32.1. The molecule has 5 heteroatoms. The predicted molar refractivity (Wildman–Crippen MR) is 108 cm³/mol. The highest BCUT2D eigenvalue weighted by molar-refractivity contribution is 7.09. The van der Waals surface area contributed by atoms with Crippen LogP contribution in [-0.2, 0) is 6.54 Å². The number of urea groups is 1. The van der Waals surface area contributed by atoms with Gasteiger partial charge in [0.05, 0.1) is 0 Å². The number of carbonyl (C=O) groups excluding carboxylic acids is 1. The molecule has 26 heavy (non-hydrogen) atoms. The van der Waals surface area contributed by atoms with Crippen LogP contribution >= 0.6 is 11.3 Å². The van der Waals surface area contributed by atoms with Crippen LogP contribution in [0, 0.1) is 6.92 Å². The number of nitrogens with zero attached hydrogens (tertiary/aromatic N) is 1. The second-order valence-electron chi connectivity index (χ2n) is 7.62. The number of amides is 2. The van der Waals surface area contributed by atoms with Crippen molar-refractivity contribution in [2.24, 2.45) is 0 Å². The number of rotatable bonds is 4. The average Bonchev–Trinajstić information content (AvgIpc) is 3.11. The Bertz CT molecular complexity index is 714. The van der Waals surface area contributed by atoms with Crippen LogP contribution < -0.4 is 10.6 Å². The monoisotopic (exact) mass is 369 g/mol. The molecule has 0 aliphatic carbocycles. The van der Waals surface area contributed by atoms with E-state index in [-0.39, 0.29) is 12.1 Å². The van der Waals surface area contributed by atoms with Crippen molar-refractivity contribution in [1.29, 1.82) is 0 Å². The number of carbonyl (C=O) groups is 1. The van der Waals surface area contributed by atoms with Crippen LogP contribution in [-0.4, -0.2) is 29.1 Å². The maximum absolute atomic E-state index is 12.4. The lowest BCUT2D eigenvalue weighted by molar-refractivity contribution is 0.0208. The van der Waals surface area contributed by atoms with E-state index in [1.807, 2.05) is 42.5 Å². The summed E-state index contributed by atoms with van der Waals surface area (Å²) in [6.07, 6.45) is 5.93. The first-order valence-electron chi connectivity index (χ1n) is 9.60. The molecule has 1 unspecified atom stereocenters. The van der Waals surface area contributed by atoms with Gasteiger partial charge in [-0.3, -0.25) is 4.90 Å². The van der Waals surface area contributed by atoms with Crippen molar-refractivity contribution in [3.63, 3.8) is 0 Å². The van der Waals surface area contributed by atoms with E-state index in [9.17, 15) is 4.79 Å². The van der Waals surface area contributed by atoms with Gasteiger partial charge in [-0.25, -0.2) is 4.79 Å². The Kier molecular flexibility index (Phi) is 5.27. The van der Waals surface area contributed by atoms with E-state index in [0.717, 1.165) is 25.1 Å². The summed E-state index contributed by atoms with van der Waals surface area (Å²) in [5.41, 5.74) is 2.05. The molecule has 3 heterocycles. The van der Waals surface area contributed by atoms with Crippen LogP contribution in [0.4, 0.5) is 10.5 Å². The largest absolute Gasteiger partial charge is 0.335 e. The molecule has 2 aliphatic heterocycles. The minimum atomic E-state index is -0.0800. The summed E-state index contributed by atoms with van der Waals surface area (Å²) in [6.45, 7) is 3.11. The molecule has 2 fully saturated rings. The van der Waals surface area contributed by atoms with Gasteiger partial charge < -0.3 is 10.6 Å². The minimum Gasteiger partial charge on any atom is -0.335 e. The number of nitrogens with one attached hydrogen (secondary N) is 2. The Labute approximate surface area is 159 Å². The molecule has 4 rings (SSSR count). The topological polar surface area (TPSA) is 44.4 Å². The number of piperidine rings is 2. The normalized spacial score (nSPS) is 25.7. The molecule has 0 radical (unpaired) electrons. The molecule has 2 aromatic rings. The SMILES string of the molecule is Cc1ccc(NC(=O)NC2C[C@H]3CCC[C@@H](C2)N3Cc2cccs2)cc1. The smallest absolute Gasteiger partial charge is 0.319 e. The fourth-order valence-electron chi connectivity index (χ4n) is 4.43. The maximum atomic E-state index is 12.4. The van der Waals surface area contributed by atoms with Gasteiger partial charge in [-0.05, 0) is 56.2 Å². The van der Waals surface area contributed by atoms with E-state index in [0.29, 0.717) is 12.1 Å². The minimum absolute atomic E-state index is 0.0800. The summed E-state index contributed by atoms with van der Waals surface area (Å²) in [5, 5.41) is 8.35. The van der Waals surface area contributed by atoms with Gasteiger partial charge in [0, 0.05) is 35.2 Å². The van der Waals surface area contributed by atoms with Crippen molar-refractivity contribution in [2.75, 3.05) is 5.32 Å². The number of fused-ring (bicyclic) bond motifs is 2. The molecular weight excluding hydrogens is 342 g/mol. The molecular formula is C21H27N3OS. The van der Waals surface area contributed by atoms with E-state index < -0.39 is 0 Å². The van der Waals surface area contributed by atoms with E-state index in [1.54, 1.807) is 0 Å². The van der Waals surface area contributed by atoms with Crippen molar-refractivity contribution >= 4 is 23.1 Å². The number of aryl methyl sites for hydroxylation is 1. The Balaban J connectivity index is 1.34.